The van der Waals surface area contributed by atoms with Crippen LogP contribution in [0, 0.1) is 0 Å². The summed E-state index contributed by atoms with van der Waals surface area (Å²) in [7, 11) is 1.61. The molecule has 28 heavy (non-hydrogen) atoms. The van der Waals surface area contributed by atoms with Gasteiger partial charge in [0.2, 0.25) is 5.43 Å². The summed E-state index contributed by atoms with van der Waals surface area (Å²) in [5.74, 6) is 1.18. The van der Waals surface area contributed by atoms with E-state index in [0.29, 0.717) is 22.3 Å². The summed E-state index contributed by atoms with van der Waals surface area (Å²) in [5, 5.41) is 10.2. The maximum atomic E-state index is 13.2. The van der Waals surface area contributed by atoms with Crippen molar-refractivity contribution in [2.45, 2.75) is 0 Å². The Bertz CT molecular complexity index is 1220. The normalized spacial score (nSPS) is 11.2. The third-order valence-corrected chi connectivity index (χ3v) is 4.52. The molecule has 3 aromatic carbocycles. The highest BCUT2D eigenvalue weighted by atomic mass is 16.5. The van der Waals surface area contributed by atoms with Crippen LogP contribution in [-0.4, -0.2) is 12.2 Å². The molecule has 0 amide bonds. The van der Waals surface area contributed by atoms with Crippen molar-refractivity contribution in [1.29, 1.82) is 0 Å². The van der Waals surface area contributed by atoms with Crippen LogP contribution in [0.15, 0.2) is 82.0 Å². The van der Waals surface area contributed by atoms with Crippen molar-refractivity contribution < 1.29 is 14.3 Å². The summed E-state index contributed by atoms with van der Waals surface area (Å²) in [5.41, 5.74) is 2.30. The second-order valence-electron chi connectivity index (χ2n) is 6.29. The molecule has 0 atom stereocenters. The maximum Gasteiger partial charge on any atom is 0.201 e. The van der Waals surface area contributed by atoms with Gasteiger partial charge in [0.05, 0.1) is 18.1 Å². The number of para-hydroxylation sites is 1. The van der Waals surface area contributed by atoms with E-state index in [9.17, 15) is 9.90 Å². The van der Waals surface area contributed by atoms with E-state index in [0.717, 1.165) is 16.9 Å². The van der Waals surface area contributed by atoms with Gasteiger partial charge in [0.1, 0.15) is 22.8 Å². The fourth-order valence-corrected chi connectivity index (χ4v) is 3.16. The van der Waals surface area contributed by atoms with Crippen LogP contribution >= 0.6 is 0 Å². The molecule has 4 heteroatoms. The Morgan fingerprint density at radius 2 is 1.68 bits per heavy atom. The van der Waals surface area contributed by atoms with Gasteiger partial charge in [-0.1, -0.05) is 48.5 Å². The van der Waals surface area contributed by atoms with Gasteiger partial charge in [-0.05, 0) is 35.9 Å². The van der Waals surface area contributed by atoms with Gasteiger partial charge in [0.25, 0.3) is 0 Å². The van der Waals surface area contributed by atoms with E-state index < -0.39 is 0 Å². The molecule has 0 spiro atoms. The minimum absolute atomic E-state index is 0.0442. The first kappa shape index (κ1) is 17.6. The number of hydrogen-bond donors (Lipinski definition) is 1. The molecule has 0 aliphatic rings. The molecule has 1 N–H and O–H groups in total. The summed E-state index contributed by atoms with van der Waals surface area (Å²) in [6, 6.07) is 21.5. The molecule has 0 fully saturated rings. The number of rotatable bonds is 4. The molecule has 138 valence electrons. The standard InChI is InChI=1S/C24H18O4/c1-27-20-10-6-5-7-16(20)11-14-21-23(17-8-3-2-4-9-17)24(26)19-13-12-18(25)15-22(19)28-21/h2-15,25H,1H3/b14-11+. The molecule has 0 aliphatic carbocycles. The Labute approximate surface area is 162 Å². The number of hydrogen-bond acceptors (Lipinski definition) is 4. The largest absolute Gasteiger partial charge is 0.508 e. The average Bonchev–Trinajstić information content (AvgIpc) is 2.73. The van der Waals surface area contributed by atoms with Gasteiger partial charge in [-0.25, -0.2) is 0 Å². The zero-order chi connectivity index (χ0) is 19.5. The highest BCUT2D eigenvalue weighted by Crippen LogP contribution is 2.28. The van der Waals surface area contributed by atoms with E-state index in [1.54, 1.807) is 19.3 Å². The molecule has 4 nitrogen and oxygen atoms in total. The van der Waals surface area contributed by atoms with E-state index >= 15 is 0 Å². The van der Waals surface area contributed by atoms with Gasteiger partial charge in [-0.2, -0.15) is 0 Å². The van der Waals surface area contributed by atoms with Crippen LogP contribution in [0.2, 0.25) is 0 Å². The molecule has 0 saturated heterocycles. The van der Waals surface area contributed by atoms with Gasteiger partial charge in [-0.15, -0.1) is 0 Å². The van der Waals surface area contributed by atoms with Crippen molar-refractivity contribution >= 4 is 23.1 Å². The predicted molar refractivity (Wildman–Crippen MR) is 112 cm³/mol. The molecule has 0 unspecified atom stereocenters. The van der Waals surface area contributed by atoms with E-state index in [1.807, 2.05) is 60.7 Å². The minimum atomic E-state index is -0.146. The first-order chi connectivity index (χ1) is 13.7. The Morgan fingerprint density at radius 1 is 0.929 bits per heavy atom. The topological polar surface area (TPSA) is 59.7 Å². The zero-order valence-corrected chi connectivity index (χ0v) is 15.3. The lowest BCUT2D eigenvalue weighted by atomic mass is 10.0. The van der Waals surface area contributed by atoms with Crippen molar-refractivity contribution in [2.75, 3.05) is 7.11 Å². The van der Waals surface area contributed by atoms with Gasteiger partial charge in [0.15, 0.2) is 0 Å². The van der Waals surface area contributed by atoms with Crippen LogP contribution in [0.1, 0.15) is 11.3 Å². The molecule has 0 aliphatic heterocycles. The van der Waals surface area contributed by atoms with E-state index in [-0.39, 0.29) is 11.2 Å². The third kappa shape index (κ3) is 3.28. The maximum absolute atomic E-state index is 13.2. The number of benzene rings is 3. The number of methoxy groups -OCH3 is 1. The minimum Gasteiger partial charge on any atom is -0.508 e. The second kappa shape index (κ2) is 7.45. The lowest BCUT2D eigenvalue weighted by molar-refractivity contribution is 0.414. The molecular formula is C24H18O4. The van der Waals surface area contributed by atoms with Crippen molar-refractivity contribution in [3.8, 4) is 22.6 Å². The first-order valence-electron chi connectivity index (χ1n) is 8.84. The van der Waals surface area contributed by atoms with E-state index in [1.165, 1.54) is 12.1 Å². The third-order valence-electron chi connectivity index (χ3n) is 4.52. The molecule has 1 heterocycles. The summed E-state index contributed by atoms with van der Waals surface area (Å²) >= 11 is 0. The molecule has 1 aromatic heterocycles. The van der Waals surface area contributed by atoms with E-state index in [4.69, 9.17) is 9.15 Å². The molecular weight excluding hydrogens is 352 g/mol. The molecule has 0 saturated carbocycles. The average molecular weight is 370 g/mol. The van der Waals surface area contributed by atoms with Crippen LogP contribution < -0.4 is 10.2 Å². The van der Waals surface area contributed by atoms with Crippen LogP contribution in [0.25, 0.3) is 34.2 Å². The second-order valence-corrected chi connectivity index (χ2v) is 6.29. The van der Waals surface area contributed by atoms with Gasteiger partial charge < -0.3 is 14.3 Å². The number of phenols is 1. The fourth-order valence-electron chi connectivity index (χ4n) is 3.16. The Morgan fingerprint density at radius 3 is 2.46 bits per heavy atom. The predicted octanol–water partition coefficient (Wildman–Crippen LogP) is 5.34. The smallest absolute Gasteiger partial charge is 0.201 e. The van der Waals surface area contributed by atoms with Crippen molar-refractivity contribution in [3.63, 3.8) is 0 Å². The Kier molecular flexibility index (Phi) is 4.68. The number of fused-ring (bicyclic) bond motifs is 1. The van der Waals surface area contributed by atoms with Crippen molar-refractivity contribution in [3.05, 3.63) is 94.3 Å². The van der Waals surface area contributed by atoms with E-state index in [2.05, 4.69) is 0 Å². The summed E-state index contributed by atoms with van der Waals surface area (Å²) in [6.45, 7) is 0. The fraction of sp³-hybridized carbons (Fsp3) is 0.0417. The Hall–Kier alpha value is -3.79. The van der Waals surface area contributed by atoms with Crippen LogP contribution in [0.5, 0.6) is 11.5 Å². The lowest BCUT2D eigenvalue weighted by Gasteiger charge is -2.08. The monoisotopic (exact) mass is 370 g/mol. The highest BCUT2D eigenvalue weighted by Gasteiger charge is 2.15. The van der Waals surface area contributed by atoms with Crippen LogP contribution in [0.4, 0.5) is 0 Å². The zero-order valence-electron chi connectivity index (χ0n) is 15.3. The molecule has 4 rings (SSSR count). The summed E-state index contributed by atoms with van der Waals surface area (Å²) < 4.78 is 11.4. The first-order valence-corrected chi connectivity index (χ1v) is 8.84. The number of ether oxygens (including phenoxy) is 1. The molecule has 0 radical (unpaired) electrons. The van der Waals surface area contributed by atoms with Gasteiger partial charge in [-0.3, -0.25) is 4.79 Å². The van der Waals surface area contributed by atoms with Crippen molar-refractivity contribution in [1.82, 2.24) is 0 Å². The SMILES string of the molecule is COc1ccccc1/C=C/c1oc2cc(O)ccc2c(=O)c1-c1ccccc1. The highest BCUT2D eigenvalue weighted by molar-refractivity contribution is 5.88. The quantitative estimate of drug-likeness (QED) is 0.526. The number of phenolic OH excluding ortho intramolecular Hbond substituents is 1. The lowest BCUT2D eigenvalue weighted by Crippen LogP contribution is -2.07. The molecule has 4 aromatic rings. The summed E-state index contributed by atoms with van der Waals surface area (Å²) in [6.07, 6.45) is 3.60. The van der Waals surface area contributed by atoms with Gasteiger partial charge in [0, 0.05) is 11.6 Å². The van der Waals surface area contributed by atoms with Crippen molar-refractivity contribution in [2.24, 2.45) is 0 Å². The molecule has 0 bridgehead atoms. The van der Waals surface area contributed by atoms with Gasteiger partial charge >= 0.3 is 0 Å². The summed E-state index contributed by atoms with van der Waals surface area (Å²) in [4.78, 5) is 13.2. The van der Waals surface area contributed by atoms with Crippen LogP contribution in [-0.2, 0) is 0 Å². The van der Waals surface area contributed by atoms with Crippen LogP contribution in [0.3, 0.4) is 0 Å². The number of aromatic hydroxyl groups is 1. The Balaban J connectivity index is 1.95.